The zero-order chi connectivity index (χ0) is 23.1. The molecule has 32 heavy (non-hydrogen) atoms. The van der Waals surface area contributed by atoms with Gasteiger partial charge in [-0.2, -0.15) is 0 Å². The fraction of sp³-hybridized carbons (Fsp3) is 0.136. The lowest BCUT2D eigenvalue weighted by atomic mass is 10.0. The van der Waals surface area contributed by atoms with Crippen LogP contribution in [0, 0.1) is 0 Å². The molecule has 0 aliphatic rings. The lowest BCUT2D eigenvalue weighted by Crippen LogP contribution is -2.53. The molecular weight excluding hydrogens is 482 g/mol. The van der Waals surface area contributed by atoms with E-state index in [1.807, 2.05) is 0 Å². The normalized spacial score (nSPS) is 11.3. The lowest BCUT2D eigenvalue weighted by Gasteiger charge is -2.18. The van der Waals surface area contributed by atoms with Gasteiger partial charge in [-0.15, -0.1) is 0 Å². The Kier molecular flexibility index (Phi) is 7.50. The minimum Gasteiger partial charge on any atom is -0.508 e. The fourth-order valence-corrected chi connectivity index (χ4v) is 3.07. The highest BCUT2D eigenvalue weighted by Gasteiger charge is 2.24. The summed E-state index contributed by atoms with van der Waals surface area (Å²) in [7, 11) is 1.51. The number of furan rings is 1. The van der Waals surface area contributed by atoms with E-state index < -0.39 is 23.8 Å². The van der Waals surface area contributed by atoms with Crippen LogP contribution in [0.2, 0.25) is 0 Å². The number of amides is 3. The molecule has 4 N–H and O–H groups in total. The van der Waals surface area contributed by atoms with Crippen LogP contribution in [0.15, 0.2) is 69.8 Å². The highest BCUT2D eigenvalue weighted by molar-refractivity contribution is 9.10. The van der Waals surface area contributed by atoms with E-state index in [2.05, 4.69) is 32.1 Å². The van der Waals surface area contributed by atoms with Gasteiger partial charge in [0.1, 0.15) is 17.5 Å². The second-order valence-electron chi connectivity index (χ2n) is 6.67. The lowest BCUT2D eigenvalue weighted by molar-refractivity contribution is -0.123. The van der Waals surface area contributed by atoms with Gasteiger partial charge in [0, 0.05) is 12.0 Å². The first-order chi connectivity index (χ1) is 15.4. The van der Waals surface area contributed by atoms with Gasteiger partial charge >= 0.3 is 0 Å². The molecule has 0 spiro atoms. The first-order valence-corrected chi connectivity index (χ1v) is 10.2. The molecule has 3 amide bonds. The van der Waals surface area contributed by atoms with Crippen molar-refractivity contribution in [2.75, 3.05) is 7.11 Å². The van der Waals surface area contributed by atoms with E-state index in [-0.39, 0.29) is 17.9 Å². The van der Waals surface area contributed by atoms with E-state index in [0.717, 1.165) is 0 Å². The molecule has 1 aromatic heterocycles. The zero-order valence-electron chi connectivity index (χ0n) is 16.9. The Bertz CT molecular complexity index is 1100. The van der Waals surface area contributed by atoms with Gasteiger partial charge in [0.25, 0.3) is 17.7 Å². The third-order valence-electron chi connectivity index (χ3n) is 4.45. The Labute approximate surface area is 191 Å². The Hall–Kier alpha value is -3.79. The SMILES string of the molecule is COc1ccc(C(=O)NNC(=O)[C@H](Cc2ccc(O)cc2)NC(=O)c2ccc(Br)o2)cc1. The molecule has 0 radical (unpaired) electrons. The number of hydrogen-bond acceptors (Lipinski definition) is 6. The Balaban J connectivity index is 1.68. The number of benzene rings is 2. The van der Waals surface area contributed by atoms with E-state index in [0.29, 0.717) is 21.5 Å². The van der Waals surface area contributed by atoms with Gasteiger partial charge in [-0.25, -0.2) is 0 Å². The minimum absolute atomic E-state index is 0.0163. The van der Waals surface area contributed by atoms with Crippen molar-refractivity contribution in [2.45, 2.75) is 12.5 Å². The monoisotopic (exact) mass is 501 g/mol. The number of rotatable bonds is 7. The second-order valence-corrected chi connectivity index (χ2v) is 7.45. The minimum atomic E-state index is -1.04. The van der Waals surface area contributed by atoms with E-state index in [9.17, 15) is 19.5 Å². The molecular formula is C22H20BrN3O6. The van der Waals surface area contributed by atoms with Gasteiger partial charge in [0.15, 0.2) is 10.4 Å². The number of hydrazine groups is 1. The van der Waals surface area contributed by atoms with Gasteiger partial charge < -0.3 is 19.6 Å². The average molecular weight is 502 g/mol. The van der Waals surface area contributed by atoms with E-state index >= 15 is 0 Å². The van der Waals surface area contributed by atoms with Crippen LogP contribution < -0.4 is 20.9 Å². The number of carbonyl (C=O) groups excluding carboxylic acids is 3. The van der Waals surface area contributed by atoms with Crippen LogP contribution in [0.25, 0.3) is 0 Å². The molecule has 1 atom stereocenters. The maximum absolute atomic E-state index is 12.8. The van der Waals surface area contributed by atoms with Crippen molar-refractivity contribution in [1.29, 1.82) is 0 Å². The second kappa shape index (κ2) is 10.5. The Morgan fingerprint density at radius 1 is 0.969 bits per heavy atom. The fourth-order valence-electron chi connectivity index (χ4n) is 2.76. The number of phenolic OH excluding ortho intramolecular Hbond substituents is 1. The number of carbonyl (C=O) groups is 3. The molecule has 0 fully saturated rings. The molecule has 0 unspecified atom stereocenters. The molecule has 2 aromatic carbocycles. The third-order valence-corrected chi connectivity index (χ3v) is 4.87. The van der Waals surface area contributed by atoms with Crippen LogP contribution in [0.3, 0.4) is 0 Å². The molecule has 0 saturated carbocycles. The zero-order valence-corrected chi connectivity index (χ0v) is 18.5. The third kappa shape index (κ3) is 6.11. The van der Waals surface area contributed by atoms with Gasteiger partial charge in [-0.05, 0) is 70.0 Å². The summed E-state index contributed by atoms with van der Waals surface area (Å²) in [6.45, 7) is 0. The topological polar surface area (TPSA) is 130 Å². The predicted molar refractivity (Wildman–Crippen MR) is 118 cm³/mol. The summed E-state index contributed by atoms with van der Waals surface area (Å²) in [4.78, 5) is 37.6. The van der Waals surface area contributed by atoms with Gasteiger partial charge in [0.2, 0.25) is 0 Å². The van der Waals surface area contributed by atoms with Crippen molar-refractivity contribution in [2.24, 2.45) is 0 Å². The number of phenols is 1. The van der Waals surface area contributed by atoms with Crippen molar-refractivity contribution in [3.63, 3.8) is 0 Å². The van der Waals surface area contributed by atoms with Crippen molar-refractivity contribution in [3.05, 3.63) is 82.2 Å². The first-order valence-electron chi connectivity index (χ1n) is 9.44. The van der Waals surface area contributed by atoms with Crippen LogP contribution in [0.4, 0.5) is 0 Å². The number of methoxy groups -OCH3 is 1. The van der Waals surface area contributed by atoms with Gasteiger partial charge in [-0.3, -0.25) is 25.2 Å². The van der Waals surface area contributed by atoms with Gasteiger partial charge in [-0.1, -0.05) is 12.1 Å². The predicted octanol–water partition coefficient (Wildman–Crippen LogP) is 2.56. The molecule has 166 valence electrons. The quantitative estimate of drug-likeness (QED) is 0.368. The van der Waals surface area contributed by atoms with Crippen LogP contribution in [0.5, 0.6) is 11.5 Å². The summed E-state index contributed by atoms with van der Waals surface area (Å²) in [6.07, 6.45) is 0.109. The van der Waals surface area contributed by atoms with Crippen molar-refractivity contribution >= 4 is 33.7 Å². The summed E-state index contributed by atoms with van der Waals surface area (Å²) in [5, 5.41) is 12.1. The Morgan fingerprint density at radius 2 is 1.66 bits per heavy atom. The summed E-state index contributed by atoms with van der Waals surface area (Å²) in [6, 6.07) is 14.5. The number of aromatic hydroxyl groups is 1. The summed E-state index contributed by atoms with van der Waals surface area (Å²) in [5.74, 6) is -1.10. The van der Waals surface area contributed by atoms with Crippen LogP contribution >= 0.6 is 15.9 Å². The summed E-state index contributed by atoms with van der Waals surface area (Å²) < 4.78 is 10.6. The van der Waals surface area contributed by atoms with E-state index in [4.69, 9.17) is 9.15 Å². The standard InChI is InChI=1S/C22H20BrN3O6/c1-31-16-8-4-14(5-9-16)20(28)25-26-21(29)17(12-13-2-6-15(27)7-3-13)24-22(30)18-10-11-19(23)32-18/h2-11,17,27H,12H2,1H3,(H,24,30)(H,25,28)(H,26,29)/t17-/m0/s1. The maximum Gasteiger partial charge on any atom is 0.287 e. The van der Waals surface area contributed by atoms with Crippen LogP contribution in [-0.4, -0.2) is 36.0 Å². The van der Waals surface area contributed by atoms with Gasteiger partial charge in [0.05, 0.1) is 7.11 Å². The largest absolute Gasteiger partial charge is 0.508 e. The number of nitrogens with one attached hydrogen (secondary N) is 3. The maximum atomic E-state index is 12.8. The van der Waals surface area contributed by atoms with Crippen molar-refractivity contribution in [3.8, 4) is 11.5 Å². The van der Waals surface area contributed by atoms with Crippen molar-refractivity contribution < 1.29 is 28.6 Å². The number of halogens is 1. The number of ether oxygens (including phenoxy) is 1. The molecule has 0 aliphatic carbocycles. The highest BCUT2D eigenvalue weighted by Crippen LogP contribution is 2.15. The molecule has 0 bridgehead atoms. The molecule has 10 heteroatoms. The smallest absolute Gasteiger partial charge is 0.287 e. The van der Waals surface area contributed by atoms with E-state index in [1.165, 1.54) is 25.3 Å². The highest BCUT2D eigenvalue weighted by atomic mass is 79.9. The molecule has 3 aromatic rings. The molecule has 0 saturated heterocycles. The molecule has 0 aliphatic heterocycles. The van der Waals surface area contributed by atoms with E-state index in [1.54, 1.807) is 42.5 Å². The Morgan fingerprint density at radius 3 is 2.25 bits per heavy atom. The average Bonchev–Trinajstić information content (AvgIpc) is 3.24. The summed E-state index contributed by atoms with van der Waals surface area (Å²) >= 11 is 3.12. The summed E-state index contributed by atoms with van der Waals surface area (Å²) in [5.41, 5.74) is 5.65. The number of hydrogen-bond donors (Lipinski definition) is 4. The van der Waals surface area contributed by atoms with Crippen LogP contribution in [0.1, 0.15) is 26.5 Å². The van der Waals surface area contributed by atoms with Crippen molar-refractivity contribution in [1.82, 2.24) is 16.2 Å². The molecule has 3 rings (SSSR count). The molecule has 9 nitrogen and oxygen atoms in total. The molecule has 1 heterocycles. The van der Waals surface area contributed by atoms with Crippen LogP contribution in [-0.2, 0) is 11.2 Å². The first kappa shape index (κ1) is 22.9.